The van der Waals surface area contributed by atoms with E-state index < -0.39 is 0 Å². The summed E-state index contributed by atoms with van der Waals surface area (Å²) in [6.07, 6.45) is 0.827. The van der Waals surface area contributed by atoms with E-state index in [0.29, 0.717) is 11.5 Å². The van der Waals surface area contributed by atoms with Crippen molar-refractivity contribution in [3.63, 3.8) is 0 Å². The van der Waals surface area contributed by atoms with Crippen LogP contribution in [-0.2, 0) is 6.42 Å². The van der Waals surface area contributed by atoms with Gasteiger partial charge >= 0.3 is 0 Å². The minimum atomic E-state index is -0.0301. The van der Waals surface area contributed by atoms with E-state index in [1.807, 2.05) is 6.92 Å². The lowest BCUT2D eigenvalue weighted by molar-refractivity contribution is 0.360. The van der Waals surface area contributed by atoms with Gasteiger partial charge in [0.15, 0.2) is 0 Å². The zero-order chi connectivity index (χ0) is 12.6. The van der Waals surface area contributed by atoms with Crippen molar-refractivity contribution >= 4 is 0 Å². The molecule has 17 heavy (non-hydrogen) atoms. The molecular weight excluding hydrogens is 216 g/mol. The molecular formula is C12H16N4O. The van der Waals surface area contributed by atoms with Crippen LogP contribution in [0.15, 0.2) is 11.5 Å². The molecule has 1 aliphatic rings. The summed E-state index contributed by atoms with van der Waals surface area (Å²) in [7, 11) is 0. The number of nitrogens with one attached hydrogen (secondary N) is 1. The van der Waals surface area contributed by atoms with Gasteiger partial charge in [0.2, 0.25) is 11.8 Å². The molecule has 3 N–H and O–H groups in total. The molecule has 1 atom stereocenters. The van der Waals surface area contributed by atoms with Crippen LogP contribution in [0.3, 0.4) is 0 Å². The summed E-state index contributed by atoms with van der Waals surface area (Å²) < 4.78 is 5.39. The number of H-pyrrole nitrogens is 1. The second-order valence-corrected chi connectivity index (χ2v) is 4.49. The van der Waals surface area contributed by atoms with Gasteiger partial charge < -0.3 is 10.5 Å². The maximum atomic E-state index is 9.21. The Morgan fingerprint density at radius 1 is 1.59 bits per heavy atom. The van der Waals surface area contributed by atoms with Crippen LogP contribution in [0.2, 0.25) is 0 Å². The predicted molar refractivity (Wildman–Crippen MR) is 63.0 cm³/mol. The molecule has 5 heteroatoms. The third-order valence-corrected chi connectivity index (χ3v) is 3.08. The van der Waals surface area contributed by atoms with E-state index in [1.54, 1.807) is 0 Å². The zero-order valence-electron chi connectivity index (χ0n) is 10.2. The lowest BCUT2D eigenvalue weighted by atomic mass is 9.81. The van der Waals surface area contributed by atoms with Gasteiger partial charge in [-0.15, -0.1) is 5.10 Å². The number of hydrogen-bond acceptors (Lipinski definition) is 4. The fourth-order valence-electron chi connectivity index (χ4n) is 2.28. The smallest absolute Gasteiger partial charge is 0.243 e. The van der Waals surface area contributed by atoms with Crippen LogP contribution in [-0.4, -0.2) is 10.2 Å². The summed E-state index contributed by atoms with van der Waals surface area (Å²) in [5, 5.41) is 16.3. The largest absolute Gasteiger partial charge is 0.420 e. The molecule has 1 aromatic heterocycles. The van der Waals surface area contributed by atoms with Gasteiger partial charge in [-0.05, 0) is 12.3 Å². The second kappa shape index (κ2) is 4.13. The van der Waals surface area contributed by atoms with Crippen molar-refractivity contribution in [3.8, 4) is 11.9 Å². The molecule has 1 aromatic rings. The highest BCUT2D eigenvalue weighted by atomic mass is 16.5. The molecule has 2 rings (SSSR count). The van der Waals surface area contributed by atoms with Crippen LogP contribution < -0.4 is 10.5 Å². The fraction of sp³-hybridized carbons (Fsp3) is 0.500. The van der Waals surface area contributed by atoms with Gasteiger partial charge in [-0.25, -0.2) is 0 Å². The monoisotopic (exact) mass is 232 g/mol. The van der Waals surface area contributed by atoms with Gasteiger partial charge in [0.25, 0.3) is 0 Å². The van der Waals surface area contributed by atoms with E-state index in [-0.39, 0.29) is 17.7 Å². The molecule has 0 aliphatic carbocycles. The molecule has 5 nitrogen and oxygen atoms in total. The second-order valence-electron chi connectivity index (χ2n) is 4.49. The Hall–Kier alpha value is -1.96. The van der Waals surface area contributed by atoms with Crippen molar-refractivity contribution in [3.05, 3.63) is 22.7 Å². The fourth-order valence-corrected chi connectivity index (χ4v) is 2.28. The predicted octanol–water partition coefficient (Wildman–Crippen LogP) is 1.80. The molecule has 1 aliphatic heterocycles. The van der Waals surface area contributed by atoms with Crippen molar-refractivity contribution in [2.45, 2.75) is 33.1 Å². The van der Waals surface area contributed by atoms with Crippen LogP contribution in [0.5, 0.6) is 5.88 Å². The number of nitrogens with two attached hydrogens (primary N) is 1. The first-order chi connectivity index (χ1) is 8.10. The van der Waals surface area contributed by atoms with Gasteiger partial charge in [-0.2, -0.15) is 5.26 Å². The lowest BCUT2D eigenvalue weighted by Gasteiger charge is -2.26. The van der Waals surface area contributed by atoms with Crippen molar-refractivity contribution in [2.75, 3.05) is 0 Å². The zero-order valence-corrected chi connectivity index (χ0v) is 10.2. The minimum Gasteiger partial charge on any atom is -0.420 e. The molecule has 0 amide bonds. The molecule has 0 aromatic carbocycles. The number of hydrogen-bond donors (Lipinski definition) is 2. The molecule has 0 bridgehead atoms. The van der Waals surface area contributed by atoms with Crippen LogP contribution in [0.1, 0.15) is 37.9 Å². The van der Waals surface area contributed by atoms with E-state index in [0.717, 1.165) is 17.7 Å². The molecule has 0 spiro atoms. The quantitative estimate of drug-likeness (QED) is 0.813. The van der Waals surface area contributed by atoms with Crippen molar-refractivity contribution in [2.24, 2.45) is 11.7 Å². The molecule has 2 heterocycles. The number of ether oxygens (including phenoxy) is 1. The molecule has 0 saturated heterocycles. The van der Waals surface area contributed by atoms with Crippen LogP contribution in [0, 0.1) is 17.2 Å². The summed E-state index contributed by atoms with van der Waals surface area (Å²) in [6.45, 7) is 6.17. The molecule has 0 saturated carbocycles. The highest BCUT2D eigenvalue weighted by molar-refractivity contribution is 5.49. The van der Waals surface area contributed by atoms with Gasteiger partial charge in [0.1, 0.15) is 6.07 Å². The van der Waals surface area contributed by atoms with E-state index in [2.05, 4.69) is 30.1 Å². The average molecular weight is 232 g/mol. The normalized spacial score (nSPS) is 18.9. The summed E-state index contributed by atoms with van der Waals surface area (Å²) in [6, 6.07) is 2.16. The van der Waals surface area contributed by atoms with E-state index in [9.17, 15) is 5.26 Å². The van der Waals surface area contributed by atoms with Crippen LogP contribution >= 0.6 is 0 Å². The first-order valence-electron chi connectivity index (χ1n) is 5.74. The Bertz CT molecular complexity index is 507. The number of nitriles is 1. The van der Waals surface area contributed by atoms with Gasteiger partial charge in [0, 0.05) is 17.2 Å². The Labute approximate surface area is 100 Å². The Morgan fingerprint density at radius 2 is 2.29 bits per heavy atom. The van der Waals surface area contributed by atoms with Crippen molar-refractivity contribution < 1.29 is 4.74 Å². The van der Waals surface area contributed by atoms with E-state index in [4.69, 9.17) is 10.5 Å². The summed E-state index contributed by atoms with van der Waals surface area (Å²) >= 11 is 0. The molecule has 0 unspecified atom stereocenters. The minimum absolute atomic E-state index is 0.0301. The summed E-state index contributed by atoms with van der Waals surface area (Å²) in [5.41, 5.74) is 8.26. The first-order valence-corrected chi connectivity index (χ1v) is 5.74. The third-order valence-electron chi connectivity index (χ3n) is 3.08. The summed E-state index contributed by atoms with van der Waals surface area (Å²) in [4.78, 5) is 0. The molecule has 0 radical (unpaired) electrons. The third kappa shape index (κ3) is 1.66. The average Bonchev–Trinajstić information content (AvgIpc) is 2.69. The SMILES string of the molecule is CCc1[nH]nc2c1[C@H](C(C)C)C(C#N)=C(N)O2. The number of rotatable bonds is 2. The maximum absolute atomic E-state index is 9.21. The maximum Gasteiger partial charge on any atom is 0.243 e. The Balaban J connectivity index is 2.60. The highest BCUT2D eigenvalue weighted by Crippen LogP contribution is 2.42. The van der Waals surface area contributed by atoms with Gasteiger partial charge in [-0.1, -0.05) is 20.8 Å². The number of aromatic amines is 1. The Morgan fingerprint density at radius 3 is 2.82 bits per heavy atom. The number of aromatic nitrogens is 2. The highest BCUT2D eigenvalue weighted by Gasteiger charge is 2.35. The number of aryl methyl sites for hydroxylation is 1. The number of nitrogens with zero attached hydrogens (tertiary/aromatic N) is 2. The number of allylic oxidation sites excluding steroid dienone is 1. The van der Waals surface area contributed by atoms with E-state index >= 15 is 0 Å². The van der Waals surface area contributed by atoms with Crippen LogP contribution in [0.4, 0.5) is 0 Å². The van der Waals surface area contributed by atoms with E-state index in [1.165, 1.54) is 0 Å². The number of fused-ring (bicyclic) bond motifs is 1. The molecule has 90 valence electrons. The lowest BCUT2D eigenvalue weighted by Crippen LogP contribution is -2.23. The standard InChI is InChI=1S/C12H16N4O/c1-4-8-10-9(6(2)3)7(5-13)11(14)17-12(10)16-15-8/h6,9H,4,14H2,1-3H3,(H,15,16)/t9-/m1/s1. The molecule has 0 fully saturated rings. The topological polar surface area (TPSA) is 87.7 Å². The van der Waals surface area contributed by atoms with Crippen molar-refractivity contribution in [1.29, 1.82) is 5.26 Å². The van der Waals surface area contributed by atoms with Crippen molar-refractivity contribution in [1.82, 2.24) is 10.2 Å². The Kier molecular flexibility index (Phi) is 2.80. The van der Waals surface area contributed by atoms with Gasteiger partial charge in [-0.3, -0.25) is 5.10 Å². The van der Waals surface area contributed by atoms with Gasteiger partial charge in [0.05, 0.1) is 5.57 Å². The first kappa shape index (κ1) is 11.5. The summed E-state index contributed by atoms with van der Waals surface area (Å²) in [5.74, 6) is 0.927. The van der Waals surface area contributed by atoms with Crippen LogP contribution in [0.25, 0.3) is 0 Å².